The van der Waals surface area contributed by atoms with E-state index in [0.717, 1.165) is 0 Å². The fourth-order valence-corrected chi connectivity index (χ4v) is 1.81. The maximum absolute atomic E-state index is 13.9. The molecule has 8 heteroatoms. The van der Waals surface area contributed by atoms with Gasteiger partial charge in [-0.2, -0.15) is 0 Å². The molecule has 0 unspecified atom stereocenters. The molecule has 1 aromatic heterocycles. The molecule has 0 radical (unpaired) electrons. The Balaban J connectivity index is 2.35. The van der Waals surface area contributed by atoms with Crippen molar-refractivity contribution < 1.29 is 19.1 Å². The van der Waals surface area contributed by atoms with E-state index in [1.54, 1.807) is 19.1 Å². The summed E-state index contributed by atoms with van der Waals surface area (Å²) in [4.78, 5) is 26.7. The average Bonchev–Trinajstić information content (AvgIpc) is 2.91. The van der Waals surface area contributed by atoms with Crippen LogP contribution < -0.4 is 5.32 Å². The molecule has 1 atom stereocenters. The zero-order chi connectivity index (χ0) is 16.3. The summed E-state index contributed by atoms with van der Waals surface area (Å²) < 4.78 is 15.1. The number of carbonyl (C=O) groups excluding carboxylic acids is 1. The molecule has 0 aliphatic carbocycles. The number of nitrogens with one attached hydrogen (secondary N) is 1. The molecule has 2 rings (SSSR count). The lowest BCUT2D eigenvalue weighted by Gasteiger charge is -2.06. The van der Waals surface area contributed by atoms with Crippen LogP contribution in [-0.4, -0.2) is 37.8 Å². The Kier molecular flexibility index (Phi) is 4.50. The molecule has 2 N–H and O–H groups in total. The summed E-state index contributed by atoms with van der Waals surface area (Å²) in [5.41, 5.74) is 0.178. The van der Waals surface area contributed by atoms with Crippen LogP contribution in [0, 0.1) is 5.82 Å². The first kappa shape index (κ1) is 15.6. The number of carboxylic acid groups (broad SMARTS) is 1. The summed E-state index contributed by atoms with van der Waals surface area (Å²) in [6.07, 6.45) is 0.434. The lowest BCUT2D eigenvalue weighted by atomic mass is 10.3. The van der Waals surface area contributed by atoms with E-state index in [0.29, 0.717) is 12.2 Å². The average molecular weight is 306 g/mol. The van der Waals surface area contributed by atoms with E-state index in [4.69, 9.17) is 5.11 Å². The van der Waals surface area contributed by atoms with Crippen LogP contribution in [0.1, 0.15) is 30.3 Å². The monoisotopic (exact) mass is 306 g/mol. The van der Waals surface area contributed by atoms with Crippen molar-refractivity contribution >= 4 is 11.9 Å². The van der Waals surface area contributed by atoms with Crippen LogP contribution in [0.3, 0.4) is 0 Å². The number of rotatable bonds is 5. The summed E-state index contributed by atoms with van der Waals surface area (Å²) in [6.45, 7) is 3.12. The second-order valence-corrected chi connectivity index (χ2v) is 4.60. The molecule has 1 aromatic carbocycles. The minimum Gasteiger partial charge on any atom is -0.480 e. The van der Waals surface area contributed by atoms with Crippen molar-refractivity contribution in [3.63, 3.8) is 0 Å². The van der Waals surface area contributed by atoms with Crippen molar-refractivity contribution in [1.82, 2.24) is 20.1 Å². The molecule has 0 aliphatic heterocycles. The Bertz CT molecular complexity index is 714. The number of hydrogen-bond acceptors (Lipinski definition) is 4. The number of hydrogen-bond donors (Lipinski definition) is 2. The number of benzene rings is 1. The summed E-state index contributed by atoms with van der Waals surface area (Å²) in [6, 6.07) is 4.92. The van der Waals surface area contributed by atoms with Crippen molar-refractivity contribution in [2.75, 3.05) is 0 Å². The normalized spacial score (nSPS) is 12.0. The smallest absolute Gasteiger partial charge is 0.325 e. The Morgan fingerprint density at radius 1 is 1.41 bits per heavy atom. The van der Waals surface area contributed by atoms with Crippen LogP contribution in [0.4, 0.5) is 4.39 Å². The molecule has 7 nitrogen and oxygen atoms in total. The van der Waals surface area contributed by atoms with E-state index in [-0.39, 0.29) is 11.5 Å². The van der Waals surface area contributed by atoms with Gasteiger partial charge in [0, 0.05) is 6.42 Å². The third-order valence-electron chi connectivity index (χ3n) is 2.99. The highest BCUT2D eigenvalue weighted by atomic mass is 19.1. The maximum Gasteiger partial charge on any atom is 0.325 e. The largest absolute Gasteiger partial charge is 0.480 e. The standard InChI is InChI=1S/C14H15FN4O3/c1-3-11-17-12(13(20)16-8(2)14(21)22)18-19(11)10-7-5-4-6-9(10)15/h4-8H,3H2,1-2H3,(H,16,20)(H,21,22)/t8-/m0/s1. The fourth-order valence-electron chi connectivity index (χ4n) is 1.81. The van der Waals surface area contributed by atoms with Crippen LogP contribution in [0.15, 0.2) is 24.3 Å². The molecule has 116 valence electrons. The summed E-state index contributed by atoms with van der Waals surface area (Å²) in [5, 5.41) is 15.0. The van der Waals surface area contributed by atoms with Crippen LogP contribution in [0.25, 0.3) is 5.69 Å². The quantitative estimate of drug-likeness (QED) is 0.864. The molecule has 0 aliphatic rings. The van der Waals surface area contributed by atoms with E-state index >= 15 is 0 Å². The highest BCUT2D eigenvalue weighted by Gasteiger charge is 2.21. The van der Waals surface area contributed by atoms with E-state index in [2.05, 4.69) is 15.4 Å². The van der Waals surface area contributed by atoms with Gasteiger partial charge in [0.2, 0.25) is 5.82 Å². The molecule has 0 saturated heterocycles. The molecular weight excluding hydrogens is 291 g/mol. The van der Waals surface area contributed by atoms with E-state index < -0.39 is 23.7 Å². The number of carboxylic acids is 1. The summed E-state index contributed by atoms with van der Waals surface area (Å²) in [7, 11) is 0. The molecule has 0 bridgehead atoms. The molecule has 1 heterocycles. The second kappa shape index (κ2) is 6.33. The number of carbonyl (C=O) groups is 2. The Morgan fingerprint density at radius 2 is 2.09 bits per heavy atom. The number of aromatic nitrogens is 3. The minimum absolute atomic E-state index is 0.178. The van der Waals surface area contributed by atoms with Gasteiger partial charge in [-0.05, 0) is 19.1 Å². The van der Waals surface area contributed by atoms with Crippen molar-refractivity contribution in [2.45, 2.75) is 26.3 Å². The molecule has 0 fully saturated rings. The highest BCUT2D eigenvalue weighted by molar-refractivity contribution is 5.93. The van der Waals surface area contributed by atoms with E-state index in [1.807, 2.05) is 0 Å². The lowest BCUT2D eigenvalue weighted by molar-refractivity contribution is -0.138. The Hall–Kier alpha value is -2.77. The van der Waals surface area contributed by atoms with Gasteiger partial charge in [0.05, 0.1) is 0 Å². The third-order valence-corrected chi connectivity index (χ3v) is 2.99. The summed E-state index contributed by atoms with van der Waals surface area (Å²) in [5.74, 6) is -2.18. The van der Waals surface area contributed by atoms with Crippen molar-refractivity contribution in [3.8, 4) is 5.69 Å². The number of nitrogens with zero attached hydrogens (tertiary/aromatic N) is 3. The van der Waals surface area contributed by atoms with Gasteiger partial charge in [-0.1, -0.05) is 19.1 Å². The zero-order valence-electron chi connectivity index (χ0n) is 12.1. The number of aliphatic carboxylic acids is 1. The zero-order valence-corrected chi connectivity index (χ0v) is 12.1. The minimum atomic E-state index is -1.17. The topological polar surface area (TPSA) is 97.1 Å². The highest BCUT2D eigenvalue weighted by Crippen LogP contribution is 2.14. The van der Waals surface area contributed by atoms with Crippen LogP contribution in [0.2, 0.25) is 0 Å². The van der Waals surface area contributed by atoms with Gasteiger partial charge >= 0.3 is 5.97 Å². The van der Waals surface area contributed by atoms with Gasteiger partial charge < -0.3 is 10.4 Å². The number of halogens is 1. The molecule has 1 amide bonds. The maximum atomic E-state index is 13.9. The van der Waals surface area contributed by atoms with Gasteiger partial charge in [0.25, 0.3) is 5.91 Å². The lowest BCUT2D eigenvalue weighted by Crippen LogP contribution is -2.38. The molecule has 2 aromatic rings. The molecule has 0 spiro atoms. The van der Waals surface area contributed by atoms with Gasteiger partial charge in [-0.15, -0.1) is 5.10 Å². The third kappa shape index (κ3) is 3.11. The first-order chi connectivity index (χ1) is 10.4. The second-order valence-electron chi connectivity index (χ2n) is 4.60. The molecule has 0 saturated carbocycles. The van der Waals surface area contributed by atoms with Gasteiger partial charge in [0.15, 0.2) is 0 Å². The van der Waals surface area contributed by atoms with Crippen LogP contribution >= 0.6 is 0 Å². The van der Waals surface area contributed by atoms with Crippen molar-refractivity contribution in [3.05, 3.63) is 41.7 Å². The number of aryl methyl sites for hydroxylation is 1. The van der Waals surface area contributed by atoms with Crippen LogP contribution in [0.5, 0.6) is 0 Å². The Morgan fingerprint density at radius 3 is 2.68 bits per heavy atom. The van der Waals surface area contributed by atoms with Gasteiger partial charge in [0.1, 0.15) is 23.4 Å². The first-order valence-electron chi connectivity index (χ1n) is 6.68. The predicted octanol–water partition coefficient (Wildman–Crippen LogP) is 1.17. The van der Waals surface area contributed by atoms with E-state index in [1.165, 1.54) is 23.7 Å². The number of para-hydroxylation sites is 1. The SMILES string of the molecule is CCc1nc(C(=O)N[C@@H](C)C(=O)O)nn1-c1ccccc1F. The predicted molar refractivity (Wildman–Crippen MR) is 75.3 cm³/mol. The number of amides is 1. The van der Waals surface area contributed by atoms with Crippen molar-refractivity contribution in [2.24, 2.45) is 0 Å². The fraction of sp³-hybridized carbons (Fsp3) is 0.286. The van der Waals surface area contributed by atoms with E-state index in [9.17, 15) is 14.0 Å². The molecule has 22 heavy (non-hydrogen) atoms. The van der Waals surface area contributed by atoms with Crippen molar-refractivity contribution in [1.29, 1.82) is 0 Å². The van der Waals surface area contributed by atoms with Gasteiger partial charge in [-0.3, -0.25) is 9.59 Å². The van der Waals surface area contributed by atoms with Gasteiger partial charge in [-0.25, -0.2) is 14.1 Å². The molecular formula is C14H15FN4O3. The first-order valence-corrected chi connectivity index (χ1v) is 6.68. The van der Waals surface area contributed by atoms with Crippen LogP contribution in [-0.2, 0) is 11.2 Å². The summed E-state index contributed by atoms with van der Waals surface area (Å²) >= 11 is 0. The Labute approximate surface area is 125 Å².